The molecule has 0 fully saturated rings. The molecule has 0 bridgehead atoms. The van der Waals surface area contributed by atoms with Crippen molar-refractivity contribution in [3.63, 3.8) is 0 Å². The number of sulfonamides is 1. The molecule has 0 amide bonds. The average molecular weight is 295 g/mol. The molecule has 0 saturated carbocycles. The van der Waals surface area contributed by atoms with Crippen molar-refractivity contribution < 1.29 is 32.2 Å². The SMILES string of the molecule is Cc1cc(O)c(C(=O)O)cc1S(=O)(=O)NCC(F)F. The van der Waals surface area contributed by atoms with E-state index in [9.17, 15) is 27.1 Å². The van der Waals surface area contributed by atoms with Gasteiger partial charge in [-0.2, -0.15) is 0 Å². The molecule has 19 heavy (non-hydrogen) atoms. The van der Waals surface area contributed by atoms with Gasteiger partial charge in [-0.25, -0.2) is 26.7 Å². The molecule has 6 nitrogen and oxygen atoms in total. The van der Waals surface area contributed by atoms with Crippen LogP contribution in [0.2, 0.25) is 0 Å². The number of rotatable bonds is 5. The molecular weight excluding hydrogens is 284 g/mol. The van der Waals surface area contributed by atoms with E-state index in [1.807, 2.05) is 0 Å². The number of carboxylic acids is 1. The summed E-state index contributed by atoms with van der Waals surface area (Å²) in [5.41, 5.74) is -0.577. The molecule has 0 atom stereocenters. The summed E-state index contributed by atoms with van der Waals surface area (Å²) in [4.78, 5) is 10.3. The number of carbonyl (C=O) groups is 1. The van der Waals surface area contributed by atoms with Gasteiger partial charge in [0.25, 0.3) is 6.43 Å². The lowest BCUT2D eigenvalue weighted by atomic mass is 10.1. The first-order chi connectivity index (χ1) is 8.65. The molecule has 1 aromatic rings. The van der Waals surface area contributed by atoms with E-state index in [1.54, 1.807) is 4.72 Å². The first kappa shape index (κ1) is 15.3. The normalized spacial score (nSPS) is 11.8. The molecule has 0 spiro atoms. The number of nitrogens with one attached hydrogen (secondary N) is 1. The molecule has 0 radical (unpaired) electrons. The molecule has 0 saturated heterocycles. The van der Waals surface area contributed by atoms with Crippen LogP contribution >= 0.6 is 0 Å². The van der Waals surface area contributed by atoms with Crippen LogP contribution in [0.3, 0.4) is 0 Å². The predicted molar refractivity (Wildman–Crippen MR) is 61.0 cm³/mol. The van der Waals surface area contributed by atoms with E-state index in [0.717, 1.165) is 12.1 Å². The Morgan fingerprint density at radius 3 is 2.47 bits per heavy atom. The van der Waals surface area contributed by atoms with Gasteiger partial charge in [0.1, 0.15) is 11.3 Å². The van der Waals surface area contributed by atoms with Crippen molar-refractivity contribution in [3.05, 3.63) is 23.3 Å². The largest absolute Gasteiger partial charge is 0.507 e. The Kier molecular flexibility index (Phi) is 4.43. The summed E-state index contributed by atoms with van der Waals surface area (Å²) in [6, 6.07) is 1.67. The summed E-state index contributed by atoms with van der Waals surface area (Å²) in [6.45, 7) is 0.230. The van der Waals surface area contributed by atoms with Crippen molar-refractivity contribution in [1.82, 2.24) is 4.72 Å². The van der Waals surface area contributed by atoms with E-state index in [2.05, 4.69) is 0 Å². The van der Waals surface area contributed by atoms with Crippen LogP contribution in [0.4, 0.5) is 8.78 Å². The van der Waals surface area contributed by atoms with E-state index in [1.165, 1.54) is 6.92 Å². The molecule has 0 aromatic heterocycles. The molecule has 9 heteroatoms. The summed E-state index contributed by atoms with van der Waals surface area (Å²) in [6.07, 6.45) is -2.87. The molecule has 1 aromatic carbocycles. The number of halogens is 2. The maximum absolute atomic E-state index is 12.0. The summed E-state index contributed by atoms with van der Waals surface area (Å²) >= 11 is 0. The van der Waals surface area contributed by atoms with Gasteiger partial charge < -0.3 is 10.2 Å². The van der Waals surface area contributed by atoms with Crippen molar-refractivity contribution >= 4 is 16.0 Å². The Morgan fingerprint density at radius 1 is 1.42 bits per heavy atom. The first-order valence-corrected chi connectivity index (χ1v) is 6.48. The summed E-state index contributed by atoms with van der Waals surface area (Å²) in [7, 11) is -4.26. The average Bonchev–Trinajstić information content (AvgIpc) is 2.25. The smallest absolute Gasteiger partial charge is 0.339 e. The highest BCUT2D eigenvalue weighted by Crippen LogP contribution is 2.25. The zero-order chi connectivity index (χ0) is 14.8. The van der Waals surface area contributed by atoms with Crippen LogP contribution in [-0.4, -0.2) is 37.6 Å². The van der Waals surface area contributed by atoms with E-state index in [0.29, 0.717) is 0 Å². The molecule has 0 aliphatic carbocycles. The van der Waals surface area contributed by atoms with Crippen molar-refractivity contribution in [2.75, 3.05) is 6.54 Å². The fourth-order valence-corrected chi connectivity index (χ4v) is 2.64. The Hall–Kier alpha value is -1.74. The van der Waals surface area contributed by atoms with Crippen molar-refractivity contribution in [2.24, 2.45) is 0 Å². The molecule has 0 aliphatic heterocycles. The lowest BCUT2D eigenvalue weighted by Crippen LogP contribution is -2.29. The second kappa shape index (κ2) is 5.49. The number of hydrogen-bond donors (Lipinski definition) is 3. The standard InChI is InChI=1S/C10H11F2NO5S/c1-5-2-7(14)6(10(15)16)3-8(5)19(17,18)13-4-9(11)12/h2-3,9,13-14H,4H2,1H3,(H,15,16). The molecule has 0 heterocycles. The van der Waals surface area contributed by atoms with Crippen LogP contribution in [0.15, 0.2) is 17.0 Å². The second-order valence-corrected chi connectivity index (χ2v) is 5.42. The van der Waals surface area contributed by atoms with Gasteiger partial charge in [-0.1, -0.05) is 0 Å². The van der Waals surface area contributed by atoms with Gasteiger partial charge in [-0.05, 0) is 24.6 Å². The monoisotopic (exact) mass is 295 g/mol. The van der Waals surface area contributed by atoms with Crippen molar-refractivity contribution in [3.8, 4) is 5.75 Å². The fourth-order valence-electron chi connectivity index (χ4n) is 1.38. The number of phenols is 1. The van der Waals surface area contributed by atoms with Gasteiger partial charge in [-0.15, -0.1) is 0 Å². The minimum Gasteiger partial charge on any atom is -0.507 e. The number of hydrogen-bond acceptors (Lipinski definition) is 4. The van der Waals surface area contributed by atoms with Crippen LogP contribution in [0.25, 0.3) is 0 Å². The van der Waals surface area contributed by atoms with E-state index in [4.69, 9.17) is 5.11 Å². The van der Waals surface area contributed by atoms with E-state index in [-0.39, 0.29) is 5.56 Å². The second-order valence-electron chi connectivity index (χ2n) is 3.68. The molecular formula is C10H11F2NO5S. The Morgan fingerprint density at radius 2 is 2.00 bits per heavy atom. The molecule has 3 N–H and O–H groups in total. The minimum absolute atomic E-state index is 0.0456. The van der Waals surface area contributed by atoms with Crippen LogP contribution in [0.5, 0.6) is 5.75 Å². The van der Waals surface area contributed by atoms with E-state index < -0.39 is 45.2 Å². The lowest BCUT2D eigenvalue weighted by Gasteiger charge is -2.11. The number of carboxylic acid groups (broad SMARTS) is 1. The number of aryl methyl sites for hydroxylation is 1. The third kappa shape index (κ3) is 3.61. The molecule has 0 unspecified atom stereocenters. The number of aromatic hydroxyl groups is 1. The number of alkyl halides is 2. The highest BCUT2D eigenvalue weighted by molar-refractivity contribution is 7.89. The maximum Gasteiger partial charge on any atom is 0.339 e. The predicted octanol–water partition coefficient (Wildman–Crippen LogP) is 0.942. The lowest BCUT2D eigenvalue weighted by molar-refractivity contribution is 0.0693. The minimum atomic E-state index is -4.26. The summed E-state index contributed by atoms with van der Waals surface area (Å²) in [5, 5.41) is 18.1. The Labute approximate surface area is 107 Å². The van der Waals surface area contributed by atoms with Crippen LogP contribution in [0, 0.1) is 6.92 Å². The van der Waals surface area contributed by atoms with Gasteiger partial charge in [-0.3, -0.25) is 0 Å². The Bertz CT molecular complexity index is 600. The third-order valence-corrected chi connectivity index (χ3v) is 3.81. The van der Waals surface area contributed by atoms with Gasteiger partial charge in [0.05, 0.1) is 11.4 Å². The molecule has 1 rings (SSSR count). The number of aromatic carboxylic acids is 1. The summed E-state index contributed by atoms with van der Waals surface area (Å²) < 4.78 is 49.1. The van der Waals surface area contributed by atoms with Gasteiger partial charge in [0.2, 0.25) is 10.0 Å². The topological polar surface area (TPSA) is 104 Å². The van der Waals surface area contributed by atoms with Gasteiger partial charge >= 0.3 is 5.97 Å². The Balaban J connectivity index is 3.27. The zero-order valence-corrected chi connectivity index (χ0v) is 10.5. The van der Waals surface area contributed by atoms with Gasteiger partial charge in [0.15, 0.2) is 0 Å². The molecule has 106 valence electrons. The summed E-state index contributed by atoms with van der Waals surface area (Å²) in [5.74, 6) is -2.12. The van der Waals surface area contributed by atoms with Crippen LogP contribution in [-0.2, 0) is 10.0 Å². The first-order valence-electron chi connectivity index (χ1n) is 5.00. The fraction of sp³-hybridized carbons (Fsp3) is 0.300. The van der Waals surface area contributed by atoms with Crippen LogP contribution < -0.4 is 4.72 Å². The maximum atomic E-state index is 12.0. The third-order valence-electron chi connectivity index (χ3n) is 2.24. The van der Waals surface area contributed by atoms with E-state index >= 15 is 0 Å². The van der Waals surface area contributed by atoms with Crippen LogP contribution in [0.1, 0.15) is 15.9 Å². The van der Waals surface area contributed by atoms with Gasteiger partial charge in [0, 0.05) is 0 Å². The highest BCUT2D eigenvalue weighted by Gasteiger charge is 2.22. The zero-order valence-electron chi connectivity index (χ0n) is 9.72. The number of benzene rings is 1. The highest BCUT2D eigenvalue weighted by atomic mass is 32.2. The van der Waals surface area contributed by atoms with Crippen molar-refractivity contribution in [1.29, 1.82) is 0 Å². The quantitative estimate of drug-likeness (QED) is 0.750. The van der Waals surface area contributed by atoms with Crippen molar-refractivity contribution in [2.45, 2.75) is 18.2 Å². The molecule has 0 aliphatic rings.